The second-order valence-electron chi connectivity index (χ2n) is 18.6. The van der Waals surface area contributed by atoms with E-state index in [-0.39, 0.29) is 10.8 Å². The lowest BCUT2D eigenvalue weighted by Crippen LogP contribution is -2.16. The SMILES string of the molecule is Cc1ccc(N(c2ccc(C(C)(C)C)cc2)c2c3ccc(C(C)C)cc3c(N(c3ccc(C)cc3)c3ccc(C(C)(C)C)cc3)c3ccc(C(C)C)cc23)cc1. The van der Waals surface area contributed by atoms with Gasteiger partial charge in [-0.05, 0) is 119 Å². The van der Waals surface area contributed by atoms with Gasteiger partial charge in [-0.2, -0.15) is 0 Å². The summed E-state index contributed by atoms with van der Waals surface area (Å²) >= 11 is 0. The monoisotopic (exact) mass is 736 g/mol. The lowest BCUT2D eigenvalue weighted by molar-refractivity contribution is 0.590. The Morgan fingerprint density at radius 2 is 0.643 bits per heavy atom. The minimum Gasteiger partial charge on any atom is -0.309 e. The Bertz CT molecular complexity index is 2290. The molecule has 0 saturated carbocycles. The largest absolute Gasteiger partial charge is 0.309 e. The Kier molecular flexibility index (Phi) is 10.4. The smallest absolute Gasteiger partial charge is 0.0620 e. The first-order valence-electron chi connectivity index (χ1n) is 20.5. The molecule has 7 aromatic carbocycles. The summed E-state index contributed by atoms with van der Waals surface area (Å²) in [6.07, 6.45) is 0. The fourth-order valence-electron chi connectivity index (χ4n) is 7.84. The fourth-order valence-corrected chi connectivity index (χ4v) is 7.84. The third-order valence-corrected chi connectivity index (χ3v) is 11.5. The molecule has 286 valence electrons. The van der Waals surface area contributed by atoms with Gasteiger partial charge in [0.25, 0.3) is 0 Å². The number of rotatable bonds is 8. The minimum atomic E-state index is 0.0538. The zero-order chi connectivity index (χ0) is 40.1. The van der Waals surface area contributed by atoms with Crippen LogP contribution in [0.1, 0.15) is 114 Å². The number of fused-ring (bicyclic) bond motifs is 2. The zero-order valence-electron chi connectivity index (χ0n) is 35.8. The van der Waals surface area contributed by atoms with Gasteiger partial charge in [-0.25, -0.2) is 0 Å². The van der Waals surface area contributed by atoms with Crippen LogP contribution in [-0.2, 0) is 10.8 Å². The van der Waals surface area contributed by atoms with Crippen LogP contribution in [0.15, 0.2) is 133 Å². The Labute approximate surface area is 336 Å². The molecule has 0 bridgehead atoms. The topological polar surface area (TPSA) is 6.48 Å². The van der Waals surface area contributed by atoms with E-state index in [1.54, 1.807) is 0 Å². The fraction of sp³-hybridized carbons (Fsp3) is 0.296. The first kappa shape index (κ1) is 38.9. The molecule has 2 nitrogen and oxygen atoms in total. The Balaban J connectivity index is 1.65. The van der Waals surface area contributed by atoms with Crippen molar-refractivity contribution >= 4 is 55.7 Å². The molecule has 0 heterocycles. The molecular weight excluding hydrogens is 677 g/mol. The third-order valence-electron chi connectivity index (χ3n) is 11.5. The summed E-state index contributed by atoms with van der Waals surface area (Å²) in [5, 5.41) is 4.92. The van der Waals surface area contributed by atoms with Crippen molar-refractivity contribution in [2.45, 2.75) is 106 Å². The van der Waals surface area contributed by atoms with Gasteiger partial charge in [0.1, 0.15) is 0 Å². The molecule has 0 atom stereocenters. The molecule has 0 aliphatic rings. The van der Waals surface area contributed by atoms with E-state index in [4.69, 9.17) is 0 Å². The molecule has 0 unspecified atom stereocenters. The zero-order valence-corrected chi connectivity index (χ0v) is 35.8. The number of benzene rings is 7. The van der Waals surface area contributed by atoms with Gasteiger partial charge in [0.2, 0.25) is 0 Å². The van der Waals surface area contributed by atoms with E-state index in [9.17, 15) is 0 Å². The highest BCUT2D eigenvalue weighted by Gasteiger charge is 2.27. The van der Waals surface area contributed by atoms with E-state index in [1.165, 1.54) is 66.3 Å². The first-order chi connectivity index (χ1) is 26.5. The molecule has 0 spiro atoms. The molecule has 0 aromatic heterocycles. The lowest BCUT2D eigenvalue weighted by atomic mass is 9.86. The molecule has 0 aliphatic heterocycles. The molecule has 56 heavy (non-hydrogen) atoms. The molecule has 7 aromatic rings. The van der Waals surface area contributed by atoms with Crippen molar-refractivity contribution in [3.05, 3.63) is 167 Å². The van der Waals surface area contributed by atoms with Crippen molar-refractivity contribution in [2.24, 2.45) is 0 Å². The highest BCUT2D eigenvalue weighted by molar-refractivity contribution is 6.23. The number of hydrogen-bond donors (Lipinski definition) is 0. The molecule has 7 rings (SSSR count). The first-order valence-corrected chi connectivity index (χ1v) is 20.5. The van der Waals surface area contributed by atoms with Crippen LogP contribution < -0.4 is 9.80 Å². The normalized spacial score (nSPS) is 12.2. The van der Waals surface area contributed by atoms with Gasteiger partial charge in [-0.3, -0.25) is 0 Å². The summed E-state index contributed by atoms with van der Waals surface area (Å²) in [5.74, 6) is 0.735. The van der Waals surface area contributed by atoms with E-state index in [2.05, 4.69) is 226 Å². The van der Waals surface area contributed by atoms with Crippen molar-refractivity contribution in [2.75, 3.05) is 9.80 Å². The number of aryl methyl sites for hydroxylation is 2. The summed E-state index contributed by atoms with van der Waals surface area (Å²) < 4.78 is 0. The highest BCUT2D eigenvalue weighted by atomic mass is 15.2. The molecular formula is C54H60N2. The van der Waals surface area contributed by atoms with Crippen LogP contribution in [0.3, 0.4) is 0 Å². The summed E-state index contributed by atoms with van der Waals surface area (Å²) in [5.41, 5.74) is 14.9. The minimum absolute atomic E-state index is 0.0538. The van der Waals surface area contributed by atoms with Crippen molar-refractivity contribution < 1.29 is 0 Å². The van der Waals surface area contributed by atoms with E-state index >= 15 is 0 Å². The van der Waals surface area contributed by atoms with Crippen LogP contribution in [0.25, 0.3) is 21.5 Å². The average Bonchev–Trinajstić information content (AvgIpc) is 3.16. The van der Waals surface area contributed by atoms with E-state index < -0.39 is 0 Å². The Morgan fingerprint density at radius 1 is 0.357 bits per heavy atom. The van der Waals surface area contributed by atoms with Gasteiger partial charge in [0, 0.05) is 44.3 Å². The highest BCUT2D eigenvalue weighted by Crippen LogP contribution is 2.52. The standard InChI is InChI=1S/C54H60N2/c1-35(2)39-17-31-47-49(33-39)51(55(43-23-13-37(5)14-24-43)45-27-19-41(20-28-45)53(7,8)9)48-32-18-40(36(3)4)34-50(48)52(47)56(44-25-15-38(6)16-26-44)46-29-21-42(22-30-46)54(10,11)12/h13-36H,1-12H3. The van der Waals surface area contributed by atoms with E-state index in [0.717, 1.165) is 22.7 Å². The molecule has 0 fully saturated rings. The molecule has 2 heteroatoms. The number of nitrogens with zero attached hydrogens (tertiary/aromatic N) is 2. The van der Waals surface area contributed by atoms with Gasteiger partial charge >= 0.3 is 0 Å². The predicted octanol–water partition coefficient (Wildman–Crippen LogP) is 16.4. The molecule has 0 saturated heterocycles. The molecule has 0 amide bonds. The maximum atomic E-state index is 2.51. The van der Waals surface area contributed by atoms with Gasteiger partial charge < -0.3 is 9.80 Å². The van der Waals surface area contributed by atoms with Crippen LogP contribution in [0.4, 0.5) is 34.1 Å². The second kappa shape index (κ2) is 15.0. The molecule has 0 N–H and O–H groups in total. The van der Waals surface area contributed by atoms with Crippen molar-refractivity contribution in [1.29, 1.82) is 0 Å². The maximum Gasteiger partial charge on any atom is 0.0620 e. The number of hydrogen-bond acceptors (Lipinski definition) is 2. The van der Waals surface area contributed by atoms with Crippen molar-refractivity contribution in [3.8, 4) is 0 Å². The maximum absolute atomic E-state index is 2.51. The lowest BCUT2D eigenvalue weighted by Gasteiger charge is -2.34. The van der Waals surface area contributed by atoms with Gasteiger partial charge in [0.05, 0.1) is 11.4 Å². The quantitative estimate of drug-likeness (QED) is 0.113. The predicted molar refractivity (Wildman–Crippen MR) is 246 cm³/mol. The van der Waals surface area contributed by atoms with Crippen molar-refractivity contribution in [1.82, 2.24) is 0 Å². The third kappa shape index (κ3) is 7.59. The Hall–Kier alpha value is -5.34. The summed E-state index contributed by atoms with van der Waals surface area (Å²) in [7, 11) is 0. The van der Waals surface area contributed by atoms with Crippen LogP contribution in [-0.4, -0.2) is 0 Å². The second-order valence-corrected chi connectivity index (χ2v) is 18.6. The summed E-state index contributed by atoms with van der Waals surface area (Å²) in [6.45, 7) is 27.3. The van der Waals surface area contributed by atoms with Crippen LogP contribution >= 0.6 is 0 Å². The average molecular weight is 737 g/mol. The Morgan fingerprint density at radius 3 is 0.911 bits per heavy atom. The van der Waals surface area contributed by atoms with Crippen LogP contribution in [0.5, 0.6) is 0 Å². The van der Waals surface area contributed by atoms with Crippen molar-refractivity contribution in [3.63, 3.8) is 0 Å². The van der Waals surface area contributed by atoms with Gasteiger partial charge in [0.15, 0.2) is 0 Å². The van der Waals surface area contributed by atoms with Crippen LogP contribution in [0, 0.1) is 13.8 Å². The van der Waals surface area contributed by atoms with Gasteiger partial charge in [-0.1, -0.05) is 153 Å². The number of anilines is 6. The molecule has 0 radical (unpaired) electrons. The van der Waals surface area contributed by atoms with E-state index in [0.29, 0.717) is 11.8 Å². The van der Waals surface area contributed by atoms with E-state index in [1.807, 2.05) is 0 Å². The van der Waals surface area contributed by atoms with Gasteiger partial charge in [-0.15, -0.1) is 0 Å². The summed E-state index contributed by atoms with van der Waals surface area (Å²) in [4.78, 5) is 5.02. The molecule has 0 aliphatic carbocycles. The summed E-state index contributed by atoms with van der Waals surface area (Å²) in [6, 6.07) is 51.0. The van der Waals surface area contributed by atoms with Crippen LogP contribution in [0.2, 0.25) is 0 Å².